The van der Waals surface area contributed by atoms with Gasteiger partial charge in [0.1, 0.15) is 0 Å². The molecule has 0 radical (unpaired) electrons. The Kier molecular flexibility index (Phi) is 4.24. The van der Waals surface area contributed by atoms with Crippen LogP contribution >= 0.6 is 0 Å². The first-order valence-corrected chi connectivity index (χ1v) is 4.43. The van der Waals surface area contributed by atoms with Gasteiger partial charge < -0.3 is 10.6 Å². The number of benzene rings is 1. The lowest BCUT2D eigenvalue weighted by Gasteiger charge is -2.06. The second-order valence-electron chi connectivity index (χ2n) is 2.72. The quantitative estimate of drug-likeness (QED) is 0.514. The molecular weight excluding hydrogens is 148 g/mol. The lowest BCUT2D eigenvalue weighted by atomic mass is 10.3. The standard InChI is InChI=1S/C10H16N2/c1-2-8-11-9-12-10-6-4-3-5-7-10/h3-7,11-12H,2,8-9H2,1H3. The minimum Gasteiger partial charge on any atom is -0.372 e. The van der Waals surface area contributed by atoms with Gasteiger partial charge in [-0.25, -0.2) is 0 Å². The molecular formula is C10H16N2. The molecule has 2 N–H and O–H groups in total. The molecule has 0 amide bonds. The van der Waals surface area contributed by atoms with Crippen molar-refractivity contribution in [2.24, 2.45) is 0 Å². The van der Waals surface area contributed by atoms with E-state index in [4.69, 9.17) is 0 Å². The summed E-state index contributed by atoms with van der Waals surface area (Å²) < 4.78 is 0. The molecule has 2 heteroatoms. The van der Waals surface area contributed by atoms with Crippen LogP contribution < -0.4 is 10.6 Å². The first-order chi connectivity index (χ1) is 5.93. The zero-order chi connectivity index (χ0) is 8.65. The molecule has 0 saturated carbocycles. The van der Waals surface area contributed by atoms with Crippen molar-refractivity contribution < 1.29 is 0 Å². The highest BCUT2D eigenvalue weighted by atomic mass is 15.1. The first kappa shape index (κ1) is 9.07. The zero-order valence-electron chi connectivity index (χ0n) is 7.51. The molecule has 12 heavy (non-hydrogen) atoms. The fraction of sp³-hybridized carbons (Fsp3) is 0.400. The molecule has 0 aromatic heterocycles. The van der Waals surface area contributed by atoms with Crippen LogP contribution in [0.25, 0.3) is 0 Å². The van der Waals surface area contributed by atoms with Crippen LogP contribution in [0.2, 0.25) is 0 Å². The minimum atomic E-state index is 0.845. The van der Waals surface area contributed by atoms with E-state index in [-0.39, 0.29) is 0 Å². The average Bonchev–Trinajstić information content (AvgIpc) is 2.14. The molecule has 0 spiro atoms. The third kappa shape index (κ3) is 3.39. The molecule has 0 unspecified atom stereocenters. The number of para-hydroxylation sites is 1. The molecule has 0 fully saturated rings. The van der Waals surface area contributed by atoms with Gasteiger partial charge >= 0.3 is 0 Å². The summed E-state index contributed by atoms with van der Waals surface area (Å²) in [6.07, 6.45) is 1.18. The van der Waals surface area contributed by atoms with Gasteiger partial charge in [0.25, 0.3) is 0 Å². The van der Waals surface area contributed by atoms with Crippen LogP contribution in [-0.2, 0) is 0 Å². The van der Waals surface area contributed by atoms with Crippen molar-refractivity contribution in [1.82, 2.24) is 5.32 Å². The Hall–Kier alpha value is -1.02. The van der Waals surface area contributed by atoms with Crippen molar-refractivity contribution in [3.8, 4) is 0 Å². The molecule has 2 nitrogen and oxygen atoms in total. The molecule has 1 rings (SSSR count). The smallest absolute Gasteiger partial charge is 0.0653 e. The molecule has 0 atom stereocenters. The second-order valence-corrected chi connectivity index (χ2v) is 2.72. The third-order valence-corrected chi connectivity index (χ3v) is 1.62. The molecule has 0 aliphatic rings. The Balaban J connectivity index is 2.16. The molecule has 0 heterocycles. The molecule has 66 valence electrons. The highest BCUT2D eigenvalue weighted by molar-refractivity contribution is 5.42. The van der Waals surface area contributed by atoms with E-state index in [0.29, 0.717) is 0 Å². The van der Waals surface area contributed by atoms with Gasteiger partial charge in [-0.1, -0.05) is 25.1 Å². The van der Waals surface area contributed by atoms with Gasteiger partial charge in [0.15, 0.2) is 0 Å². The van der Waals surface area contributed by atoms with Gasteiger partial charge in [-0.2, -0.15) is 0 Å². The van der Waals surface area contributed by atoms with Crippen LogP contribution in [0.4, 0.5) is 5.69 Å². The van der Waals surface area contributed by atoms with Crippen molar-refractivity contribution in [3.05, 3.63) is 30.3 Å². The topological polar surface area (TPSA) is 24.1 Å². The van der Waals surface area contributed by atoms with Crippen molar-refractivity contribution in [3.63, 3.8) is 0 Å². The van der Waals surface area contributed by atoms with E-state index in [1.54, 1.807) is 0 Å². The number of rotatable bonds is 5. The molecule has 0 aliphatic carbocycles. The highest BCUT2D eigenvalue weighted by Crippen LogP contribution is 2.02. The summed E-state index contributed by atoms with van der Waals surface area (Å²) in [4.78, 5) is 0. The highest BCUT2D eigenvalue weighted by Gasteiger charge is 1.86. The van der Waals surface area contributed by atoms with E-state index in [2.05, 4.69) is 29.7 Å². The maximum Gasteiger partial charge on any atom is 0.0653 e. The number of anilines is 1. The van der Waals surface area contributed by atoms with Crippen LogP contribution in [0.15, 0.2) is 30.3 Å². The van der Waals surface area contributed by atoms with Gasteiger partial charge in [0, 0.05) is 5.69 Å². The predicted molar refractivity (Wildman–Crippen MR) is 53.2 cm³/mol. The Morgan fingerprint density at radius 2 is 1.92 bits per heavy atom. The van der Waals surface area contributed by atoms with Gasteiger partial charge in [0.2, 0.25) is 0 Å². The van der Waals surface area contributed by atoms with Crippen LogP contribution in [0.1, 0.15) is 13.3 Å². The first-order valence-electron chi connectivity index (χ1n) is 4.43. The van der Waals surface area contributed by atoms with E-state index in [9.17, 15) is 0 Å². The lowest BCUT2D eigenvalue weighted by Crippen LogP contribution is -2.22. The SMILES string of the molecule is CCCNCNc1ccccc1. The van der Waals surface area contributed by atoms with E-state index in [1.165, 1.54) is 12.1 Å². The normalized spacial score (nSPS) is 9.75. The summed E-state index contributed by atoms with van der Waals surface area (Å²) in [6, 6.07) is 10.2. The van der Waals surface area contributed by atoms with Crippen molar-refractivity contribution in [1.29, 1.82) is 0 Å². The van der Waals surface area contributed by atoms with E-state index in [1.807, 2.05) is 18.2 Å². The Morgan fingerprint density at radius 3 is 2.58 bits per heavy atom. The van der Waals surface area contributed by atoms with E-state index < -0.39 is 0 Å². The van der Waals surface area contributed by atoms with Crippen LogP contribution in [0.5, 0.6) is 0 Å². The second kappa shape index (κ2) is 5.61. The number of hydrogen-bond acceptors (Lipinski definition) is 2. The number of hydrogen-bond donors (Lipinski definition) is 2. The van der Waals surface area contributed by atoms with Gasteiger partial charge in [-0.3, -0.25) is 0 Å². The minimum absolute atomic E-state index is 0.845. The number of nitrogens with one attached hydrogen (secondary N) is 2. The fourth-order valence-electron chi connectivity index (χ4n) is 0.986. The van der Waals surface area contributed by atoms with Crippen LogP contribution in [0.3, 0.4) is 0 Å². The van der Waals surface area contributed by atoms with Crippen molar-refractivity contribution in [2.45, 2.75) is 13.3 Å². The van der Waals surface area contributed by atoms with Crippen molar-refractivity contribution >= 4 is 5.69 Å². The molecule has 0 aliphatic heterocycles. The van der Waals surface area contributed by atoms with Crippen LogP contribution in [0, 0.1) is 0 Å². The molecule has 0 saturated heterocycles. The maximum absolute atomic E-state index is 3.27. The summed E-state index contributed by atoms with van der Waals surface area (Å²) >= 11 is 0. The zero-order valence-corrected chi connectivity index (χ0v) is 7.51. The molecule has 1 aromatic rings. The van der Waals surface area contributed by atoms with Gasteiger partial charge in [-0.05, 0) is 25.1 Å². The Labute approximate surface area is 74.0 Å². The Morgan fingerprint density at radius 1 is 1.17 bits per heavy atom. The van der Waals surface area contributed by atoms with E-state index in [0.717, 1.165) is 13.2 Å². The third-order valence-electron chi connectivity index (χ3n) is 1.62. The summed E-state index contributed by atoms with van der Waals surface area (Å²) in [6.45, 7) is 4.08. The fourth-order valence-corrected chi connectivity index (χ4v) is 0.986. The monoisotopic (exact) mass is 164 g/mol. The van der Waals surface area contributed by atoms with Gasteiger partial charge in [0.05, 0.1) is 6.67 Å². The van der Waals surface area contributed by atoms with Crippen molar-refractivity contribution in [2.75, 3.05) is 18.5 Å². The molecule has 0 bridgehead atoms. The summed E-state index contributed by atoms with van der Waals surface area (Å²) in [7, 11) is 0. The lowest BCUT2D eigenvalue weighted by molar-refractivity contribution is 0.710. The summed E-state index contributed by atoms with van der Waals surface area (Å²) in [5, 5.41) is 6.54. The largest absolute Gasteiger partial charge is 0.372 e. The maximum atomic E-state index is 3.27. The Bertz CT molecular complexity index is 196. The average molecular weight is 164 g/mol. The van der Waals surface area contributed by atoms with E-state index >= 15 is 0 Å². The predicted octanol–water partition coefficient (Wildman–Crippen LogP) is 2.06. The van der Waals surface area contributed by atoms with Crippen LogP contribution in [-0.4, -0.2) is 13.2 Å². The summed E-state index contributed by atoms with van der Waals surface area (Å²) in [5.41, 5.74) is 1.17. The molecule has 1 aromatic carbocycles. The summed E-state index contributed by atoms with van der Waals surface area (Å²) in [5.74, 6) is 0. The van der Waals surface area contributed by atoms with Gasteiger partial charge in [-0.15, -0.1) is 0 Å².